The summed E-state index contributed by atoms with van der Waals surface area (Å²) in [5.41, 5.74) is 7.16. The Morgan fingerprint density at radius 3 is 2.21 bits per heavy atom. The molecule has 0 aliphatic carbocycles. The number of nitrogens with zero attached hydrogens (tertiary/aromatic N) is 5. The second kappa shape index (κ2) is 9.66. The number of piperazine rings is 1. The van der Waals surface area contributed by atoms with Gasteiger partial charge in [-0.15, -0.1) is 11.3 Å². The van der Waals surface area contributed by atoms with Gasteiger partial charge in [0.2, 0.25) is 0 Å². The summed E-state index contributed by atoms with van der Waals surface area (Å²) in [5.74, 6) is 1.04. The van der Waals surface area contributed by atoms with E-state index in [0.717, 1.165) is 59.2 Å². The van der Waals surface area contributed by atoms with Crippen LogP contribution in [0.3, 0.4) is 0 Å². The average molecular weight is 536 g/mol. The zero-order valence-corrected chi connectivity index (χ0v) is 23.5. The fourth-order valence-electron chi connectivity index (χ4n) is 6.26. The molecule has 1 saturated heterocycles. The number of hydrogen-bond donors (Lipinski definition) is 0. The molecule has 2 aromatic carbocycles. The van der Waals surface area contributed by atoms with Crippen LogP contribution in [0.4, 0.5) is 5.82 Å². The maximum absolute atomic E-state index is 6.14. The fraction of sp³-hybridized carbons (Fsp3) is 0.344. The van der Waals surface area contributed by atoms with Crippen LogP contribution in [0.25, 0.3) is 20.4 Å². The van der Waals surface area contributed by atoms with Gasteiger partial charge in [-0.3, -0.25) is 4.90 Å². The molecule has 2 aliphatic heterocycles. The topological polar surface area (TPSA) is 54.4 Å². The van der Waals surface area contributed by atoms with Crippen LogP contribution in [0.2, 0.25) is 0 Å². The zero-order chi connectivity index (χ0) is 26.6. The number of aromatic nitrogens is 3. The number of fused-ring (bicyclic) bond motifs is 5. The Hall–Kier alpha value is -3.39. The molecule has 0 atom stereocenters. The zero-order valence-electron chi connectivity index (χ0n) is 22.7. The summed E-state index contributed by atoms with van der Waals surface area (Å²) < 4.78 is 7.29. The van der Waals surface area contributed by atoms with Crippen molar-refractivity contribution < 1.29 is 4.74 Å². The highest BCUT2D eigenvalue weighted by Gasteiger charge is 2.32. The van der Waals surface area contributed by atoms with Gasteiger partial charge in [0.15, 0.2) is 0 Å². The highest BCUT2D eigenvalue weighted by molar-refractivity contribution is 7.26. The Morgan fingerprint density at radius 1 is 0.872 bits per heavy atom. The van der Waals surface area contributed by atoms with Crippen LogP contribution in [0.1, 0.15) is 47.8 Å². The summed E-state index contributed by atoms with van der Waals surface area (Å²) in [5, 5.41) is 1.20. The summed E-state index contributed by atoms with van der Waals surface area (Å²) in [7, 11) is 0. The van der Waals surface area contributed by atoms with E-state index in [4.69, 9.17) is 19.7 Å². The van der Waals surface area contributed by atoms with E-state index in [9.17, 15) is 0 Å². The Morgan fingerprint density at radius 2 is 1.54 bits per heavy atom. The molecule has 7 rings (SSSR count). The molecule has 1 fully saturated rings. The first kappa shape index (κ1) is 24.6. The average Bonchev–Trinajstić information content (AvgIpc) is 3.33. The van der Waals surface area contributed by atoms with Gasteiger partial charge in [-0.2, -0.15) is 0 Å². The van der Waals surface area contributed by atoms with E-state index in [0.29, 0.717) is 6.61 Å². The molecular formula is C32H33N5OS. The Kier molecular flexibility index (Phi) is 6.10. The molecule has 3 aromatic heterocycles. The maximum atomic E-state index is 6.14. The number of ether oxygens (including phenoxy) is 1. The molecule has 0 spiro atoms. The van der Waals surface area contributed by atoms with Gasteiger partial charge in [0.1, 0.15) is 17.0 Å². The first-order valence-electron chi connectivity index (χ1n) is 13.8. The number of benzene rings is 2. The van der Waals surface area contributed by atoms with Crippen molar-refractivity contribution >= 4 is 37.6 Å². The minimum Gasteiger partial charge on any atom is -0.370 e. The molecule has 2 aliphatic rings. The van der Waals surface area contributed by atoms with Gasteiger partial charge in [-0.1, -0.05) is 60.7 Å². The van der Waals surface area contributed by atoms with Crippen molar-refractivity contribution in [3.63, 3.8) is 0 Å². The summed E-state index contributed by atoms with van der Waals surface area (Å²) in [4.78, 5) is 20.8. The predicted octanol–water partition coefficient (Wildman–Crippen LogP) is 6.31. The molecule has 6 nitrogen and oxygen atoms in total. The molecule has 0 unspecified atom stereocenters. The summed E-state index contributed by atoms with van der Waals surface area (Å²) in [6.07, 6.45) is 2.61. The van der Waals surface area contributed by atoms with Crippen LogP contribution in [0, 0.1) is 6.92 Å². The van der Waals surface area contributed by atoms with E-state index < -0.39 is 0 Å². The Bertz CT molecular complexity index is 1600. The maximum Gasteiger partial charge on any atom is 0.150 e. The van der Waals surface area contributed by atoms with Crippen LogP contribution in [0.15, 0.2) is 67.0 Å². The Labute approximate surface area is 233 Å². The van der Waals surface area contributed by atoms with Crippen molar-refractivity contribution in [2.45, 2.75) is 45.4 Å². The minimum absolute atomic E-state index is 0.192. The van der Waals surface area contributed by atoms with Crippen LogP contribution in [-0.4, -0.2) is 51.6 Å². The lowest BCUT2D eigenvalue weighted by Crippen LogP contribution is -2.48. The molecule has 0 radical (unpaired) electrons. The smallest absolute Gasteiger partial charge is 0.150 e. The summed E-state index contributed by atoms with van der Waals surface area (Å²) in [6.45, 7) is 10.8. The lowest BCUT2D eigenvalue weighted by atomic mass is 9.89. The van der Waals surface area contributed by atoms with Crippen molar-refractivity contribution in [3.05, 3.63) is 94.9 Å². The largest absolute Gasteiger partial charge is 0.370 e. The fourth-order valence-corrected chi connectivity index (χ4v) is 7.48. The molecule has 5 aromatic rings. The van der Waals surface area contributed by atoms with E-state index in [1.54, 1.807) is 17.7 Å². The Balaban J connectivity index is 1.22. The highest BCUT2D eigenvalue weighted by atomic mass is 32.1. The normalized spacial score (nSPS) is 17.7. The van der Waals surface area contributed by atoms with Crippen molar-refractivity contribution in [2.24, 2.45) is 0 Å². The molecule has 198 valence electrons. The first-order chi connectivity index (χ1) is 19.0. The standard InChI is InChI=1S/C32H33N5OS/c1-21-25-19-38-32(2,3)18-24(25)26-27-29(39-31(26)35-21)30(34-20-33-27)37-16-14-36(15-17-37)28(22-10-6-4-7-11-22)23-12-8-5-9-13-23/h4-13,20,28H,14-19H2,1-3H3. The second-order valence-corrected chi connectivity index (χ2v) is 12.3. The quantitative estimate of drug-likeness (QED) is 0.269. The lowest BCUT2D eigenvalue weighted by Gasteiger charge is -2.40. The van der Waals surface area contributed by atoms with Gasteiger partial charge in [-0.05, 0) is 37.5 Å². The van der Waals surface area contributed by atoms with Crippen LogP contribution >= 0.6 is 11.3 Å². The number of rotatable bonds is 4. The second-order valence-electron chi connectivity index (χ2n) is 11.3. The predicted molar refractivity (Wildman–Crippen MR) is 159 cm³/mol. The molecular weight excluding hydrogens is 502 g/mol. The molecule has 0 amide bonds. The number of pyridine rings is 1. The van der Waals surface area contributed by atoms with E-state index in [1.165, 1.54) is 27.6 Å². The van der Waals surface area contributed by atoms with Crippen molar-refractivity contribution in [3.8, 4) is 0 Å². The van der Waals surface area contributed by atoms with Crippen LogP contribution < -0.4 is 4.90 Å². The van der Waals surface area contributed by atoms with Gasteiger partial charge in [-0.25, -0.2) is 15.0 Å². The third-order valence-electron chi connectivity index (χ3n) is 8.23. The van der Waals surface area contributed by atoms with E-state index in [2.05, 4.69) is 91.2 Å². The molecule has 0 bridgehead atoms. The van der Waals surface area contributed by atoms with E-state index in [-0.39, 0.29) is 11.6 Å². The van der Waals surface area contributed by atoms with Crippen molar-refractivity contribution in [2.75, 3.05) is 31.1 Å². The number of hydrogen-bond acceptors (Lipinski definition) is 7. The summed E-state index contributed by atoms with van der Waals surface area (Å²) in [6, 6.07) is 22.0. The van der Waals surface area contributed by atoms with Gasteiger partial charge in [0.25, 0.3) is 0 Å². The van der Waals surface area contributed by atoms with Crippen molar-refractivity contribution in [1.82, 2.24) is 19.9 Å². The molecule has 0 saturated carbocycles. The lowest BCUT2D eigenvalue weighted by molar-refractivity contribution is -0.0400. The molecule has 0 N–H and O–H groups in total. The number of aryl methyl sites for hydroxylation is 1. The van der Waals surface area contributed by atoms with Gasteiger partial charge >= 0.3 is 0 Å². The first-order valence-corrected chi connectivity index (χ1v) is 14.6. The van der Waals surface area contributed by atoms with Crippen molar-refractivity contribution in [1.29, 1.82) is 0 Å². The minimum atomic E-state index is -0.192. The summed E-state index contributed by atoms with van der Waals surface area (Å²) >= 11 is 1.74. The highest BCUT2D eigenvalue weighted by Crippen LogP contribution is 2.43. The van der Waals surface area contributed by atoms with Crippen LogP contribution in [0.5, 0.6) is 0 Å². The van der Waals surface area contributed by atoms with Gasteiger partial charge < -0.3 is 9.64 Å². The number of anilines is 1. The third-order valence-corrected chi connectivity index (χ3v) is 9.29. The van der Waals surface area contributed by atoms with Gasteiger partial charge in [0, 0.05) is 49.2 Å². The van der Waals surface area contributed by atoms with Crippen LogP contribution in [-0.2, 0) is 17.8 Å². The third kappa shape index (κ3) is 4.39. The molecule has 39 heavy (non-hydrogen) atoms. The number of thiophene rings is 1. The monoisotopic (exact) mass is 535 g/mol. The molecule has 7 heteroatoms. The molecule has 5 heterocycles. The van der Waals surface area contributed by atoms with E-state index in [1.807, 2.05) is 0 Å². The van der Waals surface area contributed by atoms with Gasteiger partial charge in [0.05, 0.1) is 28.5 Å². The SMILES string of the molecule is Cc1nc2sc3c(N4CCN(C(c5ccccc5)c5ccccc5)CC4)ncnc3c2c2c1COC(C)(C)C2. The van der Waals surface area contributed by atoms with E-state index >= 15 is 0 Å².